The maximum absolute atomic E-state index is 5.11. The molecular weight excluding hydrogens is 661 g/mol. The molecule has 0 unspecified atom stereocenters. The Morgan fingerprint density at radius 3 is 0.926 bits per heavy atom. The molecule has 1 aliphatic carbocycles. The minimum absolute atomic E-state index is 0.251. The predicted octanol–water partition coefficient (Wildman–Crippen LogP) is 12.5. The van der Waals surface area contributed by atoms with Crippen molar-refractivity contribution in [3.05, 3.63) is 144 Å². The summed E-state index contributed by atoms with van der Waals surface area (Å²) in [6, 6.07) is 37.2. The third kappa shape index (κ3) is 8.50. The van der Waals surface area contributed by atoms with Crippen molar-refractivity contribution in [3.8, 4) is 33.8 Å². The Bertz CT molecular complexity index is 2060. The highest BCUT2D eigenvalue weighted by Gasteiger charge is 2.47. The number of aromatic nitrogens is 3. The van der Waals surface area contributed by atoms with Crippen LogP contribution in [0, 0.1) is 37.0 Å². The fourth-order valence-corrected chi connectivity index (χ4v) is 8.26. The summed E-state index contributed by atoms with van der Waals surface area (Å²) in [5, 5.41) is 0. The van der Waals surface area contributed by atoms with Gasteiger partial charge in [0.1, 0.15) is 0 Å². The van der Waals surface area contributed by atoms with E-state index < -0.39 is 0 Å². The van der Waals surface area contributed by atoms with E-state index in [1.54, 1.807) is 0 Å². The van der Waals surface area contributed by atoms with Crippen molar-refractivity contribution in [2.24, 2.45) is 31.2 Å². The molecule has 7 rings (SSSR count). The molecule has 6 aromatic rings. The van der Waals surface area contributed by atoms with Gasteiger partial charge in [0.25, 0.3) is 0 Å². The molecule has 54 heavy (non-hydrogen) atoms. The Morgan fingerprint density at radius 2 is 0.685 bits per heavy atom. The lowest BCUT2D eigenvalue weighted by atomic mass is 9.55. The van der Waals surface area contributed by atoms with Crippen LogP contribution in [0.4, 0.5) is 17.1 Å². The Balaban J connectivity index is 1.19. The van der Waals surface area contributed by atoms with Crippen molar-refractivity contribution >= 4 is 35.7 Å². The first-order chi connectivity index (χ1) is 26.0. The van der Waals surface area contributed by atoms with Gasteiger partial charge < -0.3 is 0 Å². The van der Waals surface area contributed by atoms with Gasteiger partial charge in [0.05, 0.1) is 52.7 Å². The van der Waals surface area contributed by atoms with E-state index in [9.17, 15) is 0 Å². The third-order valence-electron chi connectivity index (χ3n) is 10.4. The molecule has 1 aliphatic rings. The highest BCUT2D eigenvalue weighted by molar-refractivity contribution is 5.80. The number of hydrogen-bond donors (Lipinski definition) is 0. The van der Waals surface area contributed by atoms with E-state index in [4.69, 9.17) is 29.9 Å². The van der Waals surface area contributed by atoms with E-state index in [0.717, 1.165) is 86.8 Å². The smallest absolute Gasteiger partial charge is 0.0838 e. The Kier molecular flexibility index (Phi) is 10.3. The maximum atomic E-state index is 5.11. The zero-order valence-corrected chi connectivity index (χ0v) is 32.2. The molecule has 0 saturated heterocycles. The van der Waals surface area contributed by atoms with Gasteiger partial charge in [-0.25, -0.2) is 0 Å². The van der Waals surface area contributed by atoms with Gasteiger partial charge in [-0.15, -0.1) is 0 Å². The van der Waals surface area contributed by atoms with Gasteiger partial charge in [0, 0.05) is 51.6 Å². The van der Waals surface area contributed by atoms with Crippen LogP contribution in [0.15, 0.2) is 143 Å². The van der Waals surface area contributed by atoms with E-state index in [1.807, 2.05) is 73.2 Å². The molecule has 3 aromatic carbocycles. The maximum Gasteiger partial charge on any atom is 0.0838 e. The first-order valence-corrected chi connectivity index (χ1v) is 18.7. The lowest BCUT2D eigenvalue weighted by Gasteiger charge is -2.49. The Morgan fingerprint density at radius 1 is 0.426 bits per heavy atom. The second-order valence-corrected chi connectivity index (χ2v) is 15.9. The second-order valence-electron chi connectivity index (χ2n) is 15.9. The van der Waals surface area contributed by atoms with Crippen LogP contribution >= 0.6 is 0 Å². The molecule has 3 aromatic heterocycles. The summed E-state index contributed by atoms with van der Waals surface area (Å²) in [5.41, 5.74) is 11.3. The fourth-order valence-electron chi connectivity index (χ4n) is 8.26. The zero-order chi connectivity index (χ0) is 37.8. The molecule has 1 fully saturated rings. The molecule has 0 atom stereocenters. The molecule has 0 radical (unpaired) electrons. The quantitative estimate of drug-likeness (QED) is 0.140. The van der Waals surface area contributed by atoms with Crippen LogP contribution in [-0.4, -0.2) is 33.6 Å². The van der Waals surface area contributed by atoms with Crippen molar-refractivity contribution in [1.82, 2.24) is 15.0 Å². The molecule has 0 spiro atoms. The summed E-state index contributed by atoms with van der Waals surface area (Å²) >= 11 is 0. The van der Waals surface area contributed by atoms with Crippen molar-refractivity contribution in [2.45, 2.75) is 60.8 Å². The largest absolute Gasteiger partial charge is 0.259 e. The second kappa shape index (κ2) is 15.2. The van der Waals surface area contributed by atoms with Gasteiger partial charge in [-0.1, -0.05) is 112 Å². The number of nitrogens with zero attached hydrogens (tertiary/aromatic N) is 6. The average Bonchev–Trinajstić information content (AvgIpc) is 3.17. The van der Waals surface area contributed by atoms with Crippen LogP contribution in [0.1, 0.15) is 56.7 Å². The molecule has 0 amide bonds. The van der Waals surface area contributed by atoms with E-state index in [0.29, 0.717) is 0 Å². The highest BCUT2D eigenvalue weighted by Crippen LogP contribution is 2.53. The van der Waals surface area contributed by atoms with Crippen LogP contribution < -0.4 is 0 Å². The first-order valence-electron chi connectivity index (χ1n) is 18.7. The topological polar surface area (TPSA) is 75.8 Å². The van der Waals surface area contributed by atoms with Gasteiger partial charge in [-0.3, -0.25) is 29.9 Å². The van der Waals surface area contributed by atoms with E-state index in [1.165, 1.54) is 0 Å². The molecule has 3 heterocycles. The van der Waals surface area contributed by atoms with Crippen molar-refractivity contribution < 1.29 is 0 Å². The standard InChI is InChI=1S/C48H48N6/c1-34-22-40(37-16-10-7-11-17-37)49-25-43(34)52-31-46(4)28-47(5,32-53-44-26-50-41(23-35(44)2)38-18-12-8-13-19-38)30-48(6,29-46)33-54-45-27-51-42(24-36(45)3)39-20-14-9-15-21-39/h7-27,31-33H,28-30H2,1-6H3. The van der Waals surface area contributed by atoms with Crippen molar-refractivity contribution in [2.75, 3.05) is 0 Å². The lowest BCUT2D eigenvalue weighted by Crippen LogP contribution is -2.44. The minimum atomic E-state index is -0.251. The summed E-state index contributed by atoms with van der Waals surface area (Å²) in [6.07, 6.45) is 14.8. The SMILES string of the molecule is Cc1cc(-c2ccccc2)ncc1N=CC1(C)CC(C)(C=Nc2cnc(-c3ccccc3)cc2C)CC(C)(C=Nc2cnc(-c3ccccc3)cc2C)C1. The van der Waals surface area contributed by atoms with Crippen LogP contribution in [0.3, 0.4) is 0 Å². The van der Waals surface area contributed by atoms with Gasteiger partial charge in [-0.2, -0.15) is 0 Å². The molecule has 1 saturated carbocycles. The van der Waals surface area contributed by atoms with Gasteiger partial charge in [0.15, 0.2) is 0 Å². The fraction of sp³-hybridized carbons (Fsp3) is 0.250. The number of hydrogen-bond acceptors (Lipinski definition) is 6. The molecule has 0 bridgehead atoms. The van der Waals surface area contributed by atoms with E-state index in [-0.39, 0.29) is 16.2 Å². The molecule has 270 valence electrons. The van der Waals surface area contributed by atoms with Crippen LogP contribution in [0.2, 0.25) is 0 Å². The number of aryl methyl sites for hydroxylation is 3. The highest BCUT2D eigenvalue weighted by atomic mass is 14.8. The van der Waals surface area contributed by atoms with Crippen LogP contribution in [0.5, 0.6) is 0 Å². The van der Waals surface area contributed by atoms with E-state index in [2.05, 4.69) is 115 Å². The van der Waals surface area contributed by atoms with Crippen molar-refractivity contribution in [3.63, 3.8) is 0 Å². The summed E-state index contributed by atoms with van der Waals surface area (Å²) in [4.78, 5) is 29.7. The lowest BCUT2D eigenvalue weighted by molar-refractivity contribution is 0.121. The van der Waals surface area contributed by atoms with Gasteiger partial charge in [0.2, 0.25) is 0 Å². The van der Waals surface area contributed by atoms with Gasteiger partial charge >= 0.3 is 0 Å². The van der Waals surface area contributed by atoms with Crippen LogP contribution in [0.25, 0.3) is 33.8 Å². The summed E-state index contributed by atoms with van der Waals surface area (Å²) in [6.45, 7) is 13.3. The monoisotopic (exact) mass is 708 g/mol. The molecule has 0 aliphatic heterocycles. The summed E-state index contributed by atoms with van der Waals surface area (Å²) in [7, 11) is 0. The Labute approximate surface area is 320 Å². The average molecular weight is 709 g/mol. The minimum Gasteiger partial charge on any atom is -0.259 e. The number of benzene rings is 3. The molecule has 6 nitrogen and oxygen atoms in total. The van der Waals surface area contributed by atoms with Crippen molar-refractivity contribution in [1.29, 1.82) is 0 Å². The number of pyridine rings is 3. The molecular formula is C48H48N6. The molecule has 6 heteroatoms. The predicted molar refractivity (Wildman–Crippen MR) is 226 cm³/mol. The summed E-state index contributed by atoms with van der Waals surface area (Å²) in [5.74, 6) is 0. The molecule has 0 N–H and O–H groups in total. The third-order valence-corrected chi connectivity index (χ3v) is 10.4. The van der Waals surface area contributed by atoms with Crippen LogP contribution in [-0.2, 0) is 0 Å². The number of aliphatic imine (C=N–C) groups is 3. The zero-order valence-electron chi connectivity index (χ0n) is 32.2. The normalized spacial score (nSPS) is 21.7. The van der Waals surface area contributed by atoms with Gasteiger partial charge in [-0.05, 0) is 74.9 Å². The number of rotatable bonds is 9. The Hall–Kier alpha value is -5.88. The van der Waals surface area contributed by atoms with E-state index >= 15 is 0 Å². The summed E-state index contributed by atoms with van der Waals surface area (Å²) < 4.78 is 0. The first kappa shape index (κ1) is 36.5.